The molecular formula is C19H16INO4. The average Bonchev–Trinajstić information content (AvgIpc) is 3.43. The summed E-state index contributed by atoms with van der Waals surface area (Å²) in [4.78, 5) is 23.1. The molecule has 2 aromatic rings. The lowest BCUT2D eigenvalue weighted by Gasteiger charge is -2.08. The van der Waals surface area contributed by atoms with Gasteiger partial charge in [0.25, 0.3) is 0 Å². The Hall–Kier alpha value is -2.35. The lowest BCUT2D eigenvalue weighted by Crippen LogP contribution is -2.28. The van der Waals surface area contributed by atoms with E-state index in [0.29, 0.717) is 11.3 Å². The van der Waals surface area contributed by atoms with Crippen molar-refractivity contribution in [2.75, 3.05) is 0 Å². The van der Waals surface area contributed by atoms with Gasteiger partial charge in [0.05, 0.1) is 3.57 Å². The van der Waals surface area contributed by atoms with Crippen molar-refractivity contribution in [3.05, 3.63) is 63.4 Å². The number of rotatable bonds is 6. The van der Waals surface area contributed by atoms with Crippen LogP contribution in [-0.2, 0) is 9.59 Å². The van der Waals surface area contributed by atoms with Gasteiger partial charge in [0.15, 0.2) is 0 Å². The van der Waals surface area contributed by atoms with Crippen molar-refractivity contribution in [3.8, 4) is 11.5 Å². The molecule has 1 fully saturated rings. The van der Waals surface area contributed by atoms with Crippen molar-refractivity contribution in [1.29, 1.82) is 0 Å². The van der Waals surface area contributed by atoms with E-state index in [4.69, 9.17) is 4.74 Å². The summed E-state index contributed by atoms with van der Waals surface area (Å²) in [5.74, 6) is -0.0261. The molecule has 3 rings (SSSR count). The number of benzene rings is 2. The second-order valence-corrected chi connectivity index (χ2v) is 6.89. The Morgan fingerprint density at radius 3 is 2.40 bits per heavy atom. The van der Waals surface area contributed by atoms with Crippen molar-refractivity contribution in [2.24, 2.45) is 5.92 Å². The van der Waals surface area contributed by atoms with Crippen molar-refractivity contribution >= 4 is 40.5 Å². The number of halogens is 1. The van der Waals surface area contributed by atoms with Crippen LogP contribution < -0.4 is 10.1 Å². The smallest absolute Gasteiger partial charge is 0.352 e. The Labute approximate surface area is 158 Å². The number of amides is 1. The SMILES string of the molecule is O=C(O)/C(=C/c1ccc(Oc2ccccc2I)cc1)NC(=O)C1CC1. The highest BCUT2D eigenvalue weighted by Gasteiger charge is 2.30. The van der Waals surface area contributed by atoms with E-state index in [1.54, 1.807) is 24.3 Å². The molecule has 2 aromatic carbocycles. The second-order valence-electron chi connectivity index (χ2n) is 5.73. The molecule has 0 atom stereocenters. The third-order valence-electron chi connectivity index (χ3n) is 3.69. The minimum absolute atomic E-state index is 0.0492. The van der Waals surface area contributed by atoms with Gasteiger partial charge in [0, 0.05) is 5.92 Å². The first kappa shape index (κ1) is 17.5. The van der Waals surface area contributed by atoms with Gasteiger partial charge in [-0.25, -0.2) is 4.79 Å². The van der Waals surface area contributed by atoms with E-state index < -0.39 is 5.97 Å². The van der Waals surface area contributed by atoms with Gasteiger partial charge in [0.2, 0.25) is 5.91 Å². The molecule has 0 spiro atoms. The molecule has 5 nitrogen and oxygen atoms in total. The molecule has 1 aliphatic rings. The molecule has 0 radical (unpaired) electrons. The Bertz CT molecular complexity index is 826. The Morgan fingerprint density at radius 2 is 1.80 bits per heavy atom. The minimum Gasteiger partial charge on any atom is -0.477 e. The fourth-order valence-corrected chi connectivity index (χ4v) is 2.68. The number of carboxylic acid groups (broad SMARTS) is 1. The molecule has 0 bridgehead atoms. The van der Waals surface area contributed by atoms with Gasteiger partial charge in [-0.05, 0) is 71.3 Å². The monoisotopic (exact) mass is 449 g/mol. The Kier molecular flexibility index (Phi) is 5.37. The largest absolute Gasteiger partial charge is 0.477 e. The number of hydrogen-bond donors (Lipinski definition) is 2. The highest BCUT2D eigenvalue weighted by Crippen LogP contribution is 2.29. The molecule has 1 saturated carbocycles. The van der Waals surface area contributed by atoms with E-state index in [1.165, 1.54) is 6.08 Å². The number of carbonyl (C=O) groups is 2. The molecule has 0 heterocycles. The standard InChI is InChI=1S/C19H16INO4/c20-15-3-1-2-4-17(15)25-14-9-5-12(6-10-14)11-16(19(23)24)21-18(22)13-7-8-13/h1-6,9-11,13H,7-8H2,(H,21,22)(H,23,24)/b16-11-. The summed E-state index contributed by atoms with van der Waals surface area (Å²) < 4.78 is 6.81. The van der Waals surface area contributed by atoms with Crippen LogP contribution in [0.25, 0.3) is 6.08 Å². The molecule has 0 aliphatic heterocycles. The summed E-state index contributed by atoms with van der Waals surface area (Å²) in [5, 5.41) is 11.7. The molecule has 0 aromatic heterocycles. The number of hydrogen-bond acceptors (Lipinski definition) is 3. The Balaban J connectivity index is 1.72. The maximum absolute atomic E-state index is 11.8. The first-order chi connectivity index (χ1) is 12.0. The van der Waals surface area contributed by atoms with Crippen LogP contribution in [0.5, 0.6) is 11.5 Å². The number of aliphatic carboxylic acids is 1. The molecular weight excluding hydrogens is 433 g/mol. The summed E-state index contributed by atoms with van der Waals surface area (Å²) in [6, 6.07) is 14.7. The van der Waals surface area contributed by atoms with Crippen LogP contribution in [-0.4, -0.2) is 17.0 Å². The lowest BCUT2D eigenvalue weighted by atomic mass is 10.2. The van der Waals surface area contributed by atoms with Crippen molar-refractivity contribution in [1.82, 2.24) is 5.32 Å². The van der Waals surface area contributed by atoms with Crippen molar-refractivity contribution in [3.63, 3.8) is 0 Å². The minimum atomic E-state index is -1.16. The summed E-state index contributed by atoms with van der Waals surface area (Å²) in [7, 11) is 0. The average molecular weight is 449 g/mol. The summed E-state index contributed by atoms with van der Waals surface area (Å²) >= 11 is 2.20. The van der Waals surface area contributed by atoms with E-state index in [1.807, 2.05) is 24.3 Å². The van der Waals surface area contributed by atoms with E-state index in [9.17, 15) is 14.7 Å². The van der Waals surface area contributed by atoms with Gasteiger partial charge >= 0.3 is 5.97 Å². The topological polar surface area (TPSA) is 75.6 Å². The van der Waals surface area contributed by atoms with Gasteiger partial charge in [-0.2, -0.15) is 0 Å². The molecule has 6 heteroatoms. The van der Waals surface area contributed by atoms with Crippen LogP contribution in [0.3, 0.4) is 0 Å². The molecule has 1 amide bonds. The van der Waals surface area contributed by atoms with Gasteiger partial charge < -0.3 is 15.2 Å². The number of carboxylic acids is 1. The van der Waals surface area contributed by atoms with Gasteiger partial charge in [-0.3, -0.25) is 4.79 Å². The summed E-state index contributed by atoms with van der Waals surface area (Å²) in [6.07, 6.45) is 3.09. The van der Waals surface area contributed by atoms with Crippen molar-refractivity contribution in [2.45, 2.75) is 12.8 Å². The third kappa shape index (κ3) is 4.82. The fraction of sp³-hybridized carbons (Fsp3) is 0.158. The van der Waals surface area contributed by atoms with Crippen molar-refractivity contribution < 1.29 is 19.4 Å². The highest BCUT2D eigenvalue weighted by molar-refractivity contribution is 14.1. The zero-order valence-electron chi connectivity index (χ0n) is 13.2. The zero-order chi connectivity index (χ0) is 17.8. The van der Waals surface area contributed by atoms with Crippen LogP contribution in [0.4, 0.5) is 0 Å². The van der Waals surface area contributed by atoms with E-state index in [2.05, 4.69) is 27.9 Å². The maximum Gasteiger partial charge on any atom is 0.352 e. The van der Waals surface area contributed by atoms with E-state index >= 15 is 0 Å². The van der Waals surface area contributed by atoms with Crippen LogP contribution in [0, 0.1) is 9.49 Å². The predicted octanol–water partition coefficient (Wildman–Crippen LogP) is 4.04. The highest BCUT2D eigenvalue weighted by atomic mass is 127. The number of nitrogens with one attached hydrogen (secondary N) is 1. The number of para-hydroxylation sites is 1. The first-order valence-corrected chi connectivity index (χ1v) is 8.89. The van der Waals surface area contributed by atoms with E-state index in [0.717, 1.165) is 22.2 Å². The summed E-state index contributed by atoms with van der Waals surface area (Å²) in [5.41, 5.74) is 0.548. The first-order valence-electron chi connectivity index (χ1n) is 7.81. The lowest BCUT2D eigenvalue weighted by molar-refractivity contribution is -0.134. The quantitative estimate of drug-likeness (QED) is 0.516. The zero-order valence-corrected chi connectivity index (χ0v) is 15.4. The normalized spacial score (nSPS) is 14.0. The number of carbonyl (C=O) groups excluding carboxylic acids is 1. The second kappa shape index (κ2) is 7.69. The molecule has 25 heavy (non-hydrogen) atoms. The van der Waals surface area contributed by atoms with Gasteiger partial charge in [-0.15, -0.1) is 0 Å². The van der Waals surface area contributed by atoms with Gasteiger partial charge in [0.1, 0.15) is 17.2 Å². The molecule has 2 N–H and O–H groups in total. The fourth-order valence-electron chi connectivity index (χ4n) is 2.18. The molecule has 128 valence electrons. The Morgan fingerprint density at radius 1 is 1.12 bits per heavy atom. The molecule has 1 aliphatic carbocycles. The summed E-state index contributed by atoms with van der Waals surface area (Å²) in [6.45, 7) is 0. The van der Waals surface area contributed by atoms with Gasteiger partial charge in [-0.1, -0.05) is 24.3 Å². The van der Waals surface area contributed by atoms with E-state index in [-0.39, 0.29) is 17.5 Å². The van der Waals surface area contributed by atoms with Crippen LogP contribution >= 0.6 is 22.6 Å². The molecule has 0 unspecified atom stereocenters. The maximum atomic E-state index is 11.8. The van der Waals surface area contributed by atoms with Crippen LogP contribution in [0.1, 0.15) is 18.4 Å². The molecule has 0 saturated heterocycles. The van der Waals surface area contributed by atoms with Crippen LogP contribution in [0.2, 0.25) is 0 Å². The predicted molar refractivity (Wildman–Crippen MR) is 102 cm³/mol. The van der Waals surface area contributed by atoms with Crippen LogP contribution in [0.15, 0.2) is 54.2 Å². The number of ether oxygens (including phenoxy) is 1. The third-order valence-corrected chi connectivity index (χ3v) is 4.58.